The Morgan fingerprint density at radius 3 is 2.44 bits per heavy atom. The van der Waals surface area contributed by atoms with E-state index in [0.29, 0.717) is 11.3 Å². The molecule has 96 valence electrons. The molecule has 0 amide bonds. The number of hydrogen-bond donors (Lipinski definition) is 2. The van der Waals surface area contributed by atoms with Crippen molar-refractivity contribution in [3.63, 3.8) is 0 Å². The third kappa shape index (κ3) is 4.84. The van der Waals surface area contributed by atoms with Crippen molar-refractivity contribution in [3.05, 3.63) is 0 Å². The summed E-state index contributed by atoms with van der Waals surface area (Å²) in [6.45, 7) is 10.1. The summed E-state index contributed by atoms with van der Waals surface area (Å²) < 4.78 is 0. The summed E-state index contributed by atoms with van der Waals surface area (Å²) in [7, 11) is 0. The molecule has 0 spiro atoms. The normalized spacial score (nSPS) is 20.1. The number of nitrogens with two attached hydrogens (primary N) is 1. The molecule has 0 radical (unpaired) electrons. The summed E-state index contributed by atoms with van der Waals surface area (Å²) in [6.07, 6.45) is 6.73. The summed E-state index contributed by atoms with van der Waals surface area (Å²) in [5.74, 6) is 1.49. The molecule has 0 bridgehead atoms. The Hall–Kier alpha value is -0.0800. The molecular formula is C14H30N2. The second-order valence-electron chi connectivity index (χ2n) is 6.05. The minimum atomic E-state index is 0.677. The molecule has 0 aromatic heterocycles. The van der Waals surface area contributed by atoms with E-state index in [1.807, 2.05) is 0 Å². The molecular weight excluding hydrogens is 196 g/mol. The Labute approximate surface area is 101 Å². The Morgan fingerprint density at radius 2 is 2.00 bits per heavy atom. The molecule has 2 nitrogen and oxygen atoms in total. The molecule has 3 N–H and O–H groups in total. The zero-order chi connectivity index (χ0) is 12.0. The lowest BCUT2D eigenvalue weighted by Gasteiger charge is -2.18. The van der Waals surface area contributed by atoms with Crippen LogP contribution in [-0.2, 0) is 0 Å². The van der Waals surface area contributed by atoms with Crippen LogP contribution in [0.3, 0.4) is 0 Å². The molecule has 1 rings (SSSR count). The Kier molecular flexibility index (Phi) is 5.77. The summed E-state index contributed by atoms with van der Waals surface area (Å²) in [4.78, 5) is 0. The molecule has 1 unspecified atom stereocenters. The first-order chi connectivity index (χ1) is 7.62. The van der Waals surface area contributed by atoms with E-state index in [4.69, 9.17) is 5.73 Å². The highest BCUT2D eigenvalue weighted by Crippen LogP contribution is 2.47. The van der Waals surface area contributed by atoms with Gasteiger partial charge in [0.1, 0.15) is 0 Å². The van der Waals surface area contributed by atoms with E-state index in [1.165, 1.54) is 38.6 Å². The van der Waals surface area contributed by atoms with Crippen molar-refractivity contribution >= 4 is 0 Å². The fourth-order valence-electron chi connectivity index (χ4n) is 2.49. The smallest absolute Gasteiger partial charge is 0.000771 e. The third-order valence-electron chi connectivity index (χ3n) is 4.07. The molecule has 0 saturated heterocycles. The number of nitrogens with one attached hydrogen (secondary N) is 1. The van der Waals surface area contributed by atoms with Crippen LogP contribution in [0.2, 0.25) is 0 Å². The predicted octanol–water partition coefficient (Wildman–Crippen LogP) is 2.78. The summed E-state index contributed by atoms with van der Waals surface area (Å²) in [5, 5.41) is 3.62. The van der Waals surface area contributed by atoms with E-state index in [2.05, 4.69) is 26.1 Å². The van der Waals surface area contributed by atoms with Crippen LogP contribution in [0, 0.1) is 17.3 Å². The maximum atomic E-state index is 5.80. The van der Waals surface area contributed by atoms with Crippen molar-refractivity contribution in [2.75, 3.05) is 19.6 Å². The zero-order valence-corrected chi connectivity index (χ0v) is 11.4. The highest BCUT2D eigenvalue weighted by atomic mass is 14.9. The summed E-state index contributed by atoms with van der Waals surface area (Å²) in [5.41, 5.74) is 6.48. The molecule has 1 fully saturated rings. The molecule has 2 heteroatoms. The number of hydrogen-bond acceptors (Lipinski definition) is 2. The van der Waals surface area contributed by atoms with E-state index in [9.17, 15) is 0 Å². The van der Waals surface area contributed by atoms with Gasteiger partial charge in [0.05, 0.1) is 0 Å². The van der Waals surface area contributed by atoms with Crippen molar-refractivity contribution in [2.24, 2.45) is 23.0 Å². The molecule has 0 aliphatic heterocycles. The van der Waals surface area contributed by atoms with Gasteiger partial charge in [-0.3, -0.25) is 0 Å². The van der Waals surface area contributed by atoms with Crippen LogP contribution in [0.15, 0.2) is 0 Å². The van der Waals surface area contributed by atoms with E-state index >= 15 is 0 Å². The quantitative estimate of drug-likeness (QED) is 0.593. The minimum absolute atomic E-state index is 0.677. The van der Waals surface area contributed by atoms with Crippen LogP contribution in [-0.4, -0.2) is 19.6 Å². The fourth-order valence-corrected chi connectivity index (χ4v) is 2.49. The number of rotatable bonds is 9. The Balaban J connectivity index is 2.04. The standard InChI is InChI=1S/C14H30N2/c1-4-14(6-7-14)11-16-8-5-13(10-15)9-12(2)3/h12-13,16H,4-11,15H2,1-3H3. The van der Waals surface area contributed by atoms with Gasteiger partial charge in [-0.2, -0.15) is 0 Å². The van der Waals surface area contributed by atoms with Crippen LogP contribution >= 0.6 is 0 Å². The first kappa shape index (κ1) is 14.0. The van der Waals surface area contributed by atoms with Gasteiger partial charge in [-0.25, -0.2) is 0 Å². The van der Waals surface area contributed by atoms with Gasteiger partial charge in [-0.05, 0) is 62.4 Å². The fraction of sp³-hybridized carbons (Fsp3) is 1.00. The molecule has 1 aliphatic carbocycles. The van der Waals surface area contributed by atoms with Gasteiger partial charge in [0.25, 0.3) is 0 Å². The van der Waals surface area contributed by atoms with Gasteiger partial charge in [0, 0.05) is 6.54 Å². The lowest BCUT2D eigenvalue weighted by atomic mass is 9.94. The topological polar surface area (TPSA) is 38.0 Å². The summed E-state index contributed by atoms with van der Waals surface area (Å²) in [6, 6.07) is 0. The zero-order valence-electron chi connectivity index (χ0n) is 11.4. The third-order valence-corrected chi connectivity index (χ3v) is 4.07. The summed E-state index contributed by atoms with van der Waals surface area (Å²) >= 11 is 0. The van der Waals surface area contributed by atoms with Crippen LogP contribution in [0.25, 0.3) is 0 Å². The lowest BCUT2D eigenvalue weighted by Crippen LogP contribution is -2.28. The van der Waals surface area contributed by atoms with Crippen molar-refractivity contribution in [1.29, 1.82) is 0 Å². The average molecular weight is 226 g/mol. The van der Waals surface area contributed by atoms with Crippen molar-refractivity contribution < 1.29 is 0 Å². The van der Waals surface area contributed by atoms with Gasteiger partial charge in [-0.15, -0.1) is 0 Å². The maximum Gasteiger partial charge on any atom is 0.000771 e. The highest BCUT2D eigenvalue weighted by Gasteiger charge is 2.39. The van der Waals surface area contributed by atoms with Crippen LogP contribution in [0.5, 0.6) is 0 Å². The molecule has 1 aliphatic rings. The van der Waals surface area contributed by atoms with Crippen molar-refractivity contribution in [1.82, 2.24) is 5.32 Å². The van der Waals surface area contributed by atoms with E-state index < -0.39 is 0 Å². The Bertz CT molecular complexity index is 185. The first-order valence-corrected chi connectivity index (χ1v) is 7.02. The lowest BCUT2D eigenvalue weighted by molar-refractivity contribution is 0.370. The van der Waals surface area contributed by atoms with Crippen LogP contribution in [0.4, 0.5) is 0 Å². The van der Waals surface area contributed by atoms with Gasteiger partial charge in [0.15, 0.2) is 0 Å². The van der Waals surface area contributed by atoms with E-state index in [-0.39, 0.29) is 0 Å². The average Bonchev–Trinajstić information content (AvgIpc) is 3.03. The molecule has 0 aromatic rings. The van der Waals surface area contributed by atoms with E-state index in [1.54, 1.807) is 0 Å². The molecule has 16 heavy (non-hydrogen) atoms. The van der Waals surface area contributed by atoms with Crippen molar-refractivity contribution in [3.8, 4) is 0 Å². The predicted molar refractivity (Wildman–Crippen MR) is 71.4 cm³/mol. The van der Waals surface area contributed by atoms with Crippen LogP contribution < -0.4 is 11.1 Å². The second kappa shape index (κ2) is 6.61. The monoisotopic (exact) mass is 226 g/mol. The van der Waals surface area contributed by atoms with Gasteiger partial charge in [0.2, 0.25) is 0 Å². The highest BCUT2D eigenvalue weighted by molar-refractivity contribution is 4.93. The van der Waals surface area contributed by atoms with Crippen LogP contribution in [0.1, 0.15) is 52.9 Å². The Morgan fingerprint density at radius 1 is 1.31 bits per heavy atom. The molecule has 1 saturated carbocycles. The van der Waals surface area contributed by atoms with E-state index in [0.717, 1.165) is 19.0 Å². The molecule has 0 heterocycles. The molecule has 0 aromatic carbocycles. The minimum Gasteiger partial charge on any atom is -0.330 e. The van der Waals surface area contributed by atoms with Crippen molar-refractivity contribution in [2.45, 2.75) is 52.9 Å². The SMILES string of the molecule is CCC1(CNCCC(CN)CC(C)C)CC1. The molecule has 1 atom stereocenters. The van der Waals surface area contributed by atoms with Gasteiger partial charge >= 0.3 is 0 Å². The van der Waals surface area contributed by atoms with Gasteiger partial charge < -0.3 is 11.1 Å². The van der Waals surface area contributed by atoms with Gasteiger partial charge in [-0.1, -0.05) is 20.8 Å². The second-order valence-corrected chi connectivity index (χ2v) is 6.05. The maximum absolute atomic E-state index is 5.80. The first-order valence-electron chi connectivity index (χ1n) is 7.02. The largest absolute Gasteiger partial charge is 0.330 e.